The molecular weight excluding hydrogens is 294 g/mol. The first kappa shape index (κ1) is 15.6. The van der Waals surface area contributed by atoms with Gasteiger partial charge in [-0.15, -0.1) is 0 Å². The van der Waals surface area contributed by atoms with E-state index in [2.05, 4.69) is 0 Å². The average Bonchev–Trinajstić information content (AvgIpc) is 2.45. The zero-order valence-corrected chi connectivity index (χ0v) is 12.7. The van der Waals surface area contributed by atoms with E-state index in [4.69, 9.17) is 9.84 Å². The maximum absolute atomic E-state index is 11.3. The fourth-order valence-electron chi connectivity index (χ4n) is 2.37. The summed E-state index contributed by atoms with van der Waals surface area (Å²) < 4.78 is 28.3. The van der Waals surface area contributed by atoms with Gasteiger partial charge in [0.15, 0.2) is 9.84 Å². The summed E-state index contributed by atoms with van der Waals surface area (Å²) in [6.07, 6.45) is 2.04. The molecule has 1 amide bonds. The molecule has 1 aliphatic heterocycles. The minimum absolute atomic E-state index is 0.171. The van der Waals surface area contributed by atoms with Crippen LogP contribution in [0, 0.1) is 5.92 Å². The van der Waals surface area contributed by atoms with Crippen LogP contribution in [0.3, 0.4) is 0 Å². The molecule has 0 aromatic heterocycles. The molecule has 1 N–H and O–H groups in total. The van der Waals surface area contributed by atoms with Gasteiger partial charge in [-0.2, -0.15) is 0 Å². The van der Waals surface area contributed by atoms with Crippen molar-refractivity contribution < 1.29 is 23.1 Å². The zero-order valence-electron chi connectivity index (χ0n) is 11.9. The molecule has 0 bridgehead atoms. The number of hydrogen-bond acceptors (Lipinski definition) is 4. The first-order valence-corrected chi connectivity index (χ1v) is 8.66. The SMILES string of the molecule is CS(=O)(=O)c1ccc(OCC2CCCN(C(=O)O)C2)cc1. The third kappa shape index (κ3) is 4.35. The molecule has 1 aromatic carbocycles. The van der Waals surface area contributed by atoms with E-state index in [0.717, 1.165) is 19.1 Å². The topological polar surface area (TPSA) is 83.9 Å². The van der Waals surface area contributed by atoms with Crippen LogP contribution in [-0.2, 0) is 9.84 Å². The van der Waals surface area contributed by atoms with Crippen molar-refractivity contribution in [3.8, 4) is 5.75 Å². The number of benzene rings is 1. The molecular formula is C14H19NO5S. The summed E-state index contributed by atoms with van der Waals surface area (Å²) in [7, 11) is -3.20. The third-order valence-electron chi connectivity index (χ3n) is 3.53. The van der Waals surface area contributed by atoms with Crippen LogP contribution >= 0.6 is 0 Å². The van der Waals surface area contributed by atoms with Gasteiger partial charge in [0.25, 0.3) is 0 Å². The van der Waals surface area contributed by atoms with Crippen LogP contribution in [-0.4, -0.2) is 50.5 Å². The first-order chi connectivity index (χ1) is 9.86. The van der Waals surface area contributed by atoms with Gasteiger partial charge < -0.3 is 14.7 Å². The number of amides is 1. The van der Waals surface area contributed by atoms with Gasteiger partial charge in [-0.1, -0.05) is 0 Å². The monoisotopic (exact) mass is 313 g/mol. The van der Waals surface area contributed by atoms with Crippen molar-refractivity contribution in [3.05, 3.63) is 24.3 Å². The lowest BCUT2D eigenvalue weighted by Crippen LogP contribution is -2.40. The van der Waals surface area contributed by atoms with E-state index in [1.165, 1.54) is 17.0 Å². The molecule has 1 heterocycles. The zero-order chi connectivity index (χ0) is 15.5. The molecule has 1 aromatic rings. The van der Waals surface area contributed by atoms with Crippen molar-refractivity contribution >= 4 is 15.9 Å². The second kappa shape index (κ2) is 6.34. The molecule has 21 heavy (non-hydrogen) atoms. The Hall–Kier alpha value is -1.76. The normalized spacial score (nSPS) is 19.3. The number of piperidine rings is 1. The molecule has 0 saturated carbocycles. The van der Waals surface area contributed by atoms with Crippen LogP contribution in [0.4, 0.5) is 4.79 Å². The van der Waals surface area contributed by atoms with E-state index in [1.807, 2.05) is 0 Å². The molecule has 0 radical (unpaired) electrons. The minimum atomic E-state index is -3.20. The standard InChI is InChI=1S/C14H19NO5S/c1-21(18,19)13-6-4-12(5-7-13)20-10-11-3-2-8-15(9-11)14(16)17/h4-7,11H,2-3,8-10H2,1H3,(H,16,17). The Balaban J connectivity index is 1.89. The molecule has 1 aliphatic rings. The highest BCUT2D eigenvalue weighted by Gasteiger charge is 2.23. The lowest BCUT2D eigenvalue weighted by molar-refractivity contribution is 0.105. The Morgan fingerprint density at radius 2 is 2.05 bits per heavy atom. The summed E-state index contributed by atoms with van der Waals surface area (Å²) in [6.45, 7) is 1.49. The molecule has 6 nitrogen and oxygen atoms in total. The summed E-state index contributed by atoms with van der Waals surface area (Å²) in [4.78, 5) is 12.6. The van der Waals surface area contributed by atoms with Crippen molar-refractivity contribution in [1.29, 1.82) is 0 Å². The average molecular weight is 313 g/mol. The Bertz CT molecular complexity index is 596. The highest BCUT2D eigenvalue weighted by Crippen LogP contribution is 2.20. The fourth-order valence-corrected chi connectivity index (χ4v) is 3.00. The fraction of sp³-hybridized carbons (Fsp3) is 0.500. The molecule has 2 rings (SSSR count). The van der Waals surface area contributed by atoms with Gasteiger partial charge >= 0.3 is 6.09 Å². The van der Waals surface area contributed by atoms with Crippen LogP contribution in [0.15, 0.2) is 29.2 Å². The summed E-state index contributed by atoms with van der Waals surface area (Å²) in [5.41, 5.74) is 0. The number of likely N-dealkylation sites (tertiary alicyclic amines) is 1. The Morgan fingerprint density at radius 3 is 2.62 bits per heavy atom. The van der Waals surface area contributed by atoms with Gasteiger partial charge in [0.05, 0.1) is 11.5 Å². The second-order valence-corrected chi connectivity index (χ2v) is 7.31. The highest BCUT2D eigenvalue weighted by molar-refractivity contribution is 7.90. The van der Waals surface area contributed by atoms with E-state index < -0.39 is 15.9 Å². The van der Waals surface area contributed by atoms with Gasteiger partial charge in [0, 0.05) is 25.3 Å². The Labute approximate surface area is 124 Å². The van der Waals surface area contributed by atoms with Gasteiger partial charge in [0.1, 0.15) is 5.75 Å². The van der Waals surface area contributed by atoms with Gasteiger partial charge in [-0.3, -0.25) is 0 Å². The predicted octanol–water partition coefficient (Wildman–Crippen LogP) is 1.86. The Kier molecular flexibility index (Phi) is 4.72. The van der Waals surface area contributed by atoms with Crippen molar-refractivity contribution in [1.82, 2.24) is 4.90 Å². The summed E-state index contributed by atoms with van der Waals surface area (Å²) >= 11 is 0. The van der Waals surface area contributed by atoms with Crippen LogP contribution in [0.1, 0.15) is 12.8 Å². The molecule has 116 valence electrons. The maximum Gasteiger partial charge on any atom is 0.407 e. The van der Waals surface area contributed by atoms with Crippen LogP contribution in [0.5, 0.6) is 5.75 Å². The van der Waals surface area contributed by atoms with Gasteiger partial charge in [0.2, 0.25) is 0 Å². The highest BCUT2D eigenvalue weighted by atomic mass is 32.2. The molecule has 1 fully saturated rings. The van der Waals surface area contributed by atoms with Crippen molar-refractivity contribution in [2.75, 3.05) is 26.0 Å². The predicted molar refractivity (Wildman–Crippen MR) is 77.4 cm³/mol. The van der Waals surface area contributed by atoms with E-state index in [1.54, 1.807) is 12.1 Å². The summed E-state index contributed by atoms with van der Waals surface area (Å²) in [5, 5.41) is 8.98. The van der Waals surface area contributed by atoms with Crippen molar-refractivity contribution in [2.45, 2.75) is 17.7 Å². The minimum Gasteiger partial charge on any atom is -0.493 e. The summed E-state index contributed by atoms with van der Waals surface area (Å²) in [6, 6.07) is 6.26. The van der Waals surface area contributed by atoms with E-state index >= 15 is 0 Å². The molecule has 1 atom stereocenters. The Morgan fingerprint density at radius 1 is 1.38 bits per heavy atom. The molecule has 0 spiro atoms. The van der Waals surface area contributed by atoms with Crippen LogP contribution in [0.25, 0.3) is 0 Å². The largest absolute Gasteiger partial charge is 0.493 e. The number of sulfone groups is 1. The second-order valence-electron chi connectivity index (χ2n) is 5.29. The third-order valence-corrected chi connectivity index (χ3v) is 4.66. The summed E-state index contributed by atoms with van der Waals surface area (Å²) in [5.74, 6) is 0.763. The van der Waals surface area contributed by atoms with E-state index in [9.17, 15) is 13.2 Å². The molecule has 7 heteroatoms. The maximum atomic E-state index is 11.3. The molecule has 1 saturated heterocycles. The van der Waals surface area contributed by atoms with Crippen LogP contribution < -0.4 is 4.74 Å². The van der Waals surface area contributed by atoms with Crippen LogP contribution in [0.2, 0.25) is 0 Å². The lowest BCUT2D eigenvalue weighted by atomic mass is 9.99. The quantitative estimate of drug-likeness (QED) is 0.917. The lowest BCUT2D eigenvalue weighted by Gasteiger charge is -2.30. The number of carbonyl (C=O) groups is 1. The number of carboxylic acid groups (broad SMARTS) is 1. The van der Waals surface area contributed by atoms with Crippen molar-refractivity contribution in [3.63, 3.8) is 0 Å². The van der Waals surface area contributed by atoms with Crippen molar-refractivity contribution in [2.24, 2.45) is 5.92 Å². The first-order valence-electron chi connectivity index (χ1n) is 6.77. The van der Waals surface area contributed by atoms with Gasteiger partial charge in [-0.25, -0.2) is 13.2 Å². The van der Waals surface area contributed by atoms with Gasteiger partial charge in [-0.05, 0) is 37.1 Å². The number of rotatable bonds is 4. The number of nitrogens with zero attached hydrogens (tertiary/aromatic N) is 1. The van der Waals surface area contributed by atoms with E-state index in [0.29, 0.717) is 25.4 Å². The van der Waals surface area contributed by atoms with E-state index in [-0.39, 0.29) is 10.8 Å². The number of hydrogen-bond donors (Lipinski definition) is 1. The number of ether oxygens (including phenoxy) is 1. The molecule has 0 aliphatic carbocycles. The smallest absolute Gasteiger partial charge is 0.407 e. The molecule has 1 unspecified atom stereocenters.